The molecule has 1 aliphatic rings. The molecule has 0 radical (unpaired) electrons. The second-order valence-corrected chi connectivity index (χ2v) is 8.16. The first-order valence-corrected chi connectivity index (χ1v) is 11.0. The maximum absolute atomic E-state index is 13.6. The molecule has 5 rings (SSSR count). The third-order valence-corrected chi connectivity index (χ3v) is 5.66. The molecule has 2 N–H and O–H groups in total. The van der Waals surface area contributed by atoms with Crippen LogP contribution in [0.25, 0.3) is 11.1 Å². The Morgan fingerprint density at radius 3 is 2.62 bits per heavy atom. The summed E-state index contributed by atoms with van der Waals surface area (Å²) in [6, 6.07) is 20.3. The van der Waals surface area contributed by atoms with Crippen LogP contribution in [0.2, 0.25) is 0 Å². The molecule has 0 unspecified atom stereocenters. The highest BCUT2D eigenvalue weighted by Gasteiger charge is 2.19. The van der Waals surface area contributed by atoms with Crippen molar-refractivity contribution in [3.63, 3.8) is 0 Å². The van der Waals surface area contributed by atoms with Gasteiger partial charge in [0.25, 0.3) is 0 Å². The highest BCUT2D eigenvalue weighted by molar-refractivity contribution is 5.89. The van der Waals surface area contributed by atoms with Gasteiger partial charge >= 0.3 is 0 Å². The Morgan fingerprint density at radius 1 is 0.941 bits per heavy atom. The van der Waals surface area contributed by atoms with E-state index >= 15 is 0 Å². The lowest BCUT2D eigenvalue weighted by Gasteiger charge is -2.29. The maximum atomic E-state index is 13.6. The number of amides is 1. The van der Waals surface area contributed by atoms with Crippen LogP contribution < -0.4 is 15.5 Å². The van der Waals surface area contributed by atoms with E-state index in [-0.39, 0.29) is 11.7 Å². The molecule has 2 heterocycles. The molecular weight excluding hydrogens is 431 g/mol. The van der Waals surface area contributed by atoms with Gasteiger partial charge in [0.05, 0.1) is 0 Å². The van der Waals surface area contributed by atoms with E-state index in [0.29, 0.717) is 24.1 Å². The third kappa shape index (κ3) is 4.85. The van der Waals surface area contributed by atoms with Gasteiger partial charge in [-0.15, -0.1) is 0 Å². The molecule has 7 nitrogen and oxygen atoms in total. The highest BCUT2D eigenvalue weighted by atomic mass is 19.1. The van der Waals surface area contributed by atoms with Crippen molar-refractivity contribution in [1.82, 2.24) is 15.0 Å². The normalized spacial score (nSPS) is 12.7. The number of benzene rings is 3. The van der Waals surface area contributed by atoms with Crippen LogP contribution in [0.4, 0.5) is 27.7 Å². The monoisotopic (exact) mass is 454 g/mol. The zero-order valence-electron chi connectivity index (χ0n) is 18.6. The van der Waals surface area contributed by atoms with E-state index in [4.69, 9.17) is 0 Å². The summed E-state index contributed by atoms with van der Waals surface area (Å²) in [7, 11) is 0. The molecule has 0 saturated heterocycles. The average Bonchev–Trinajstić information content (AvgIpc) is 2.83. The van der Waals surface area contributed by atoms with Gasteiger partial charge < -0.3 is 15.5 Å². The fourth-order valence-corrected chi connectivity index (χ4v) is 4.08. The Bertz CT molecular complexity index is 1360. The van der Waals surface area contributed by atoms with Crippen LogP contribution in [0.15, 0.2) is 73.1 Å². The maximum Gasteiger partial charge on any atom is 0.232 e. The van der Waals surface area contributed by atoms with E-state index in [1.54, 1.807) is 12.1 Å². The molecule has 0 spiro atoms. The standard InChI is InChI=1S/C26H23FN6O/c1-17(34)30-23-6-3-7-24(14-23)31-25-28-16-29-26(32-25)33-11-10-20-12-19(8-9-21(20)15-33)18-4-2-5-22(27)13-18/h2-9,12-14,16H,10-11,15H2,1H3,(H,30,34)(H,28,29,31,32). The molecule has 0 aliphatic carbocycles. The zero-order valence-corrected chi connectivity index (χ0v) is 18.6. The predicted octanol–water partition coefficient (Wildman–Crippen LogP) is 4.94. The fourth-order valence-electron chi connectivity index (χ4n) is 4.08. The van der Waals surface area contributed by atoms with Crippen molar-refractivity contribution in [3.05, 3.63) is 90.0 Å². The van der Waals surface area contributed by atoms with Gasteiger partial charge in [0.1, 0.15) is 12.1 Å². The summed E-state index contributed by atoms with van der Waals surface area (Å²) in [6.07, 6.45) is 2.33. The van der Waals surface area contributed by atoms with Crippen molar-refractivity contribution in [2.45, 2.75) is 19.9 Å². The predicted molar refractivity (Wildman–Crippen MR) is 130 cm³/mol. The van der Waals surface area contributed by atoms with Crippen molar-refractivity contribution in [1.29, 1.82) is 0 Å². The molecule has 8 heteroatoms. The third-order valence-electron chi connectivity index (χ3n) is 5.66. The first-order valence-electron chi connectivity index (χ1n) is 11.0. The number of fused-ring (bicyclic) bond motifs is 1. The molecule has 170 valence electrons. The van der Waals surface area contributed by atoms with Crippen LogP contribution in [0, 0.1) is 5.82 Å². The Labute approximate surface area is 196 Å². The number of nitrogens with zero attached hydrogens (tertiary/aromatic N) is 4. The number of carbonyl (C=O) groups is 1. The van der Waals surface area contributed by atoms with Crippen molar-refractivity contribution in [3.8, 4) is 11.1 Å². The molecule has 0 fully saturated rings. The van der Waals surface area contributed by atoms with Gasteiger partial charge in [0, 0.05) is 31.4 Å². The minimum Gasteiger partial charge on any atom is -0.336 e. The van der Waals surface area contributed by atoms with E-state index in [2.05, 4.69) is 42.6 Å². The van der Waals surface area contributed by atoms with Crippen molar-refractivity contribution in [2.24, 2.45) is 0 Å². The van der Waals surface area contributed by atoms with E-state index in [1.807, 2.05) is 36.4 Å². The van der Waals surface area contributed by atoms with Gasteiger partial charge in [-0.25, -0.2) is 14.4 Å². The molecular formula is C26H23FN6O. The van der Waals surface area contributed by atoms with Crippen LogP contribution in [0.1, 0.15) is 18.1 Å². The second kappa shape index (κ2) is 9.27. The SMILES string of the molecule is CC(=O)Nc1cccc(Nc2ncnc(N3CCc4cc(-c5cccc(F)c5)ccc4C3)n2)c1. The molecule has 3 aromatic carbocycles. The van der Waals surface area contributed by atoms with Crippen LogP contribution in [0.3, 0.4) is 0 Å². The Hall–Kier alpha value is -4.33. The summed E-state index contributed by atoms with van der Waals surface area (Å²) in [5.41, 5.74) is 5.79. The summed E-state index contributed by atoms with van der Waals surface area (Å²) in [4.78, 5) is 26.6. The van der Waals surface area contributed by atoms with Gasteiger partial charge in [-0.3, -0.25) is 4.79 Å². The molecule has 1 amide bonds. The Balaban J connectivity index is 1.32. The number of carbonyl (C=O) groups excluding carboxylic acids is 1. The molecule has 4 aromatic rings. The lowest BCUT2D eigenvalue weighted by molar-refractivity contribution is -0.114. The summed E-state index contributed by atoms with van der Waals surface area (Å²) in [6.45, 7) is 2.92. The number of hydrogen-bond acceptors (Lipinski definition) is 6. The summed E-state index contributed by atoms with van der Waals surface area (Å²) in [5, 5.41) is 5.94. The number of hydrogen-bond donors (Lipinski definition) is 2. The second-order valence-electron chi connectivity index (χ2n) is 8.16. The molecule has 0 atom stereocenters. The zero-order chi connectivity index (χ0) is 23.5. The van der Waals surface area contributed by atoms with Crippen LogP contribution in [-0.4, -0.2) is 27.4 Å². The van der Waals surface area contributed by atoms with Crippen molar-refractivity contribution < 1.29 is 9.18 Å². The number of aromatic nitrogens is 3. The van der Waals surface area contributed by atoms with E-state index in [0.717, 1.165) is 29.8 Å². The van der Waals surface area contributed by atoms with E-state index in [1.165, 1.54) is 30.4 Å². The number of nitrogens with one attached hydrogen (secondary N) is 2. The summed E-state index contributed by atoms with van der Waals surface area (Å²) in [5.74, 6) is 0.656. The molecule has 0 bridgehead atoms. The molecule has 34 heavy (non-hydrogen) atoms. The minimum absolute atomic E-state index is 0.131. The van der Waals surface area contributed by atoms with Crippen LogP contribution in [0.5, 0.6) is 0 Å². The smallest absolute Gasteiger partial charge is 0.232 e. The lowest BCUT2D eigenvalue weighted by atomic mass is 9.94. The van der Waals surface area contributed by atoms with E-state index in [9.17, 15) is 9.18 Å². The minimum atomic E-state index is -0.234. The average molecular weight is 455 g/mol. The lowest BCUT2D eigenvalue weighted by Crippen LogP contribution is -2.32. The van der Waals surface area contributed by atoms with Gasteiger partial charge in [-0.1, -0.05) is 36.4 Å². The number of anilines is 4. The van der Waals surface area contributed by atoms with Crippen molar-refractivity contribution >= 4 is 29.2 Å². The topological polar surface area (TPSA) is 83.0 Å². The number of rotatable bonds is 5. The van der Waals surface area contributed by atoms with Crippen LogP contribution in [-0.2, 0) is 17.8 Å². The molecule has 1 aliphatic heterocycles. The van der Waals surface area contributed by atoms with Crippen molar-refractivity contribution in [2.75, 3.05) is 22.1 Å². The first-order chi connectivity index (χ1) is 16.5. The Kier molecular flexibility index (Phi) is 5.86. The van der Waals surface area contributed by atoms with Gasteiger partial charge in [-0.05, 0) is 59.0 Å². The first kappa shape index (κ1) is 21.5. The Morgan fingerprint density at radius 2 is 1.76 bits per heavy atom. The van der Waals surface area contributed by atoms with Gasteiger partial charge in [-0.2, -0.15) is 4.98 Å². The molecule has 1 aromatic heterocycles. The number of halogens is 1. The fraction of sp³-hybridized carbons (Fsp3) is 0.154. The highest BCUT2D eigenvalue weighted by Crippen LogP contribution is 2.28. The summed E-state index contributed by atoms with van der Waals surface area (Å²) < 4.78 is 13.6. The van der Waals surface area contributed by atoms with Gasteiger partial charge in [0.2, 0.25) is 17.8 Å². The quantitative estimate of drug-likeness (QED) is 0.444. The summed E-state index contributed by atoms with van der Waals surface area (Å²) >= 11 is 0. The van der Waals surface area contributed by atoms with Gasteiger partial charge in [0.15, 0.2) is 0 Å². The van der Waals surface area contributed by atoms with E-state index < -0.39 is 0 Å². The van der Waals surface area contributed by atoms with Crippen LogP contribution >= 0.6 is 0 Å². The molecule has 0 saturated carbocycles. The largest absolute Gasteiger partial charge is 0.336 e.